The lowest BCUT2D eigenvalue weighted by Gasteiger charge is -2.28. The molecule has 10 heteroatoms. The zero-order chi connectivity index (χ0) is 42.8. The van der Waals surface area contributed by atoms with Gasteiger partial charge in [0.1, 0.15) is 19.8 Å². The molecule has 0 saturated carbocycles. The van der Waals surface area contributed by atoms with Crippen LogP contribution in [0.25, 0.3) is 0 Å². The Hall–Kier alpha value is -2.03. The van der Waals surface area contributed by atoms with Crippen LogP contribution in [0.2, 0.25) is 0 Å². The third kappa shape index (κ3) is 43.5. The lowest BCUT2D eigenvalue weighted by molar-refractivity contribution is -0.870. The summed E-state index contributed by atoms with van der Waals surface area (Å²) in [4.78, 5) is 37.6. The van der Waals surface area contributed by atoms with Crippen molar-refractivity contribution in [2.24, 2.45) is 0 Å². The van der Waals surface area contributed by atoms with E-state index in [4.69, 9.17) is 18.5 Å². The van der Waals surface area contributed by atoms with E-state index in [-0.39, 0.29) is 26.1 Å². The topological polar surface area (TPSA) is 111 Å². The van der Waals surface area contributed by atoms with Gasteiger partial charge >= 0.3 is 11.9 Å². The van der Waals surface area contributed by atoms with Gasteiger partial charge in [-0.3, -0.25) is 14.2 Å². The number of ether oxygens (including phenoxy) is 2. The number of carbonyl (C=O) groups excluding carboxylic acids is 2. The number of esters is 2. The minimum Gasteiger partial charge on any atom is -0.756 e. The molecule has 0 rings (SSSR count). The number of allylic oxidation sites excluding steroid dienone is 8. The van der Waals surface area contributed by atoms with E-state index in [1.54, 1.807) is 0 Å². The van der Waals surface area contributed by atoms with Crippen LogP contribution in [0.15, 0.2) is 48.6 Å². The van der Waals surface area contributed by atoms with Crippen LogP contribution in [0.1, 0.15) is 194 Å². The van der Waals surface area contributed by atoms with Gasteiger partial charge in [0.05, 0.1) is 27.7 Å². The van der Waals surface area contributed by atoms with Crippen LogP contribution in [-0.2, 0) is 32.7 Å². The fourth-order valence-corrected chi connectivity index (χ4v) is 6.85. The van der Waals surface area contributed by atoms with Gasteiger partial charge < -0.3 is 27.9 Å². The second-order valence-corrected chi connectivity index (χ2v) is 18.2. The van der Waals surface area contributed by atoms with Crippen LogP contribution in [-0.4, -0.2) is 70.0 Å². The van der Waals surface area contributed by atoms with E-state index in [1.807, 2.05) is 21.1 Å². The number of nitrogens with zero attached hydrogens (tertiary/aromatic N) is 1. The Morgan fingerprint density at radius 1 is 0.534 bits per heavy atom. The molecule has 0 amide bonds. The number of rotatable bonds is 42. The number of carbonyl (C=O) groups is 2. The average Bonchev–Trinajstić information content (AvgIpc) is 3.17. The molecule has 0 aliphatic carbocycles. The van der Waals surface area contributed by atoms with Gasteiger partial charge in [0.2, 0.25) is 0 Å². The maximum atomic E-state index is 12.7. The van der Waals surface area contributed by atoms with Crippen LogP contribution in [0.4, 0.5) is 0 Å². The molecule has 0 aromatic rings. The van der Waals surface area contributed by atoms with Gasteiger partial charge in [0.25, 0.3) is 7.82 Å². The molecule has 0 aliphatic heterocycles. The molecular weight excluding hydrogens is 750 g/mol. The number of unbranched alkanes of at least 4 members (excludes halogenated alkanes) is 20. The Morgan fingerprint density at radius 2 is 0.931 bits per heavy atom. The van der Waals surface area contributed by atoms with E-state index in [0.29, 0.717) is 23.9 Å². The van der Waals surface area contributed by atoms with Crippen molar-refractivity contribution in [3.8, 4) is 0 Å². The van der Waals surface area contributed by atoms with Crippen molar-refractivity contribution in [1.29, 1.82) is 0 Å². The van der Waals surface area contributed by atoms with E-state index in [2.05, 4.69) is 62.5 Å². The van der Waals surface area contributed by atoms with Crippen molar-refractivity contribution in [1.82, 2.24) is 0 Å². The molecule has 338 valence electrons. The molecule has 0 saturated heterocycles. The Morgan fingerprint density at radius 3 is 1.43 bits per heavy atom. The molecule has 0 radical (unpaired) electrons. The third-order valence-corrected chi connectivity index (χ3v) is 10.8. The number of hydrogen-bond acceptors (Lipinski definition) is 8. The fourth-order valence-electron chi connectivity index (χ4n) is 6.13. The Balaban J connectivity index is 4.37. The molecule has 0 spiro atoms. The first kappa shape index (κ1) is 56.0. The van der Waals surface area contributed by atoms with E-state index in [1.165, 1.54) is 96.3 Å². The van der Waals surface area contributed by atoms with E-state index in [9.17, 15) is 19.0 Å². The zero-order valence-electron chi connectivity index (χ0n) is 38.0. The molecule has 0 N–H and O–H groups in total. The number of likely N-dealkylation sites (N-methyl/N-ethyl adjacent to an activating group) is 1. The summed E-state index contributed by atoms with van der Waals surface area (Å²) in [5, 5.41) is 0. The molecule has 0 aromatic carbocycles. The number of phosphoric ester groups is 1. The van der Waals surface area contributed by atoms with Crippen LogP contribution in [0.5, 0.6) is 0 Å². The molecular formula is C48H88NO8P. The molecule has 58 heavy (non-hydrogen) atoms. The van der Waals surface area contributed by atoms with E-state index < -0.39 is 32.5 Å². The first-order chi connectivity index (χ1) is 28.0. The molecule has 2 atom stereocenters. The fraction of sp³-hybridized carbons (Fsp3) is 0.792. The predicted molar refractivity (Wildman–Crippen MR) is 240 cm³/mol. The van der Waals surface area contributed by atoms with Crippen LogP contribution in [0.3, 0.4) is 0 Å². The van der Waals surface area contributed by atoms with Gasteiger partial charge in [0.15, 0.2) is 6.10 Å². The van der Waals surface area contributed by atoms with Crippen LogP contribution < -0.4 is 4.89 Å². The first-order valence-electron chi connectivity index (χ1n) is 23.3. The van der Waals surface area contributed by atoms with Gasteiger partial charge in [-0.25, -0.2) is 0 Å². The standard InChI is InChI=1S/C48H88NO8P/c1-6-8-10-12-14-16-18-20-22-23-24-25-27-29-31-33-35-37-39-41-48(51)57-46(45-56-58(52,53)55-43-42-49(3,4)5)44-54-47(50)40-38-36-34-32-30-28-26-21-19-17-15-13-11-9-7-2/h14,16,20-22,26,30,32,46H,6-13,15,17-19,23-25,27-29,31,33-45H2,1-5H3/b16-14+,22-20+,26-21+,32-30+/t46-/m1/s1. The first-order valence-corrected chi connectivity index (χ1v) is 24.8. The summed E-state index contributed by atoms with van der Waals surface area (Å²) in [5.41, 5.74) is 0. The lowest BCUT2D eigenvalue weighted by Crippen LogP contribution is -2.37. The van der Waals surface area contributed by atoms with Crippen molar-refractivity contribution < 1.29 is 42.1 Å². The molecule has 0 bridgehead atoms. The highest BCUT2D eigenvalue weighted by atomic mass is 31.2. The normalized spacial score (nSPS) is 14.0. The van der Waals surface area contributed by atoms with Gasteiger partial charge in [-0.15, -0.1) is 0 Å². The van der Waals surface area contributed by atoms with Gasteiger partial charge in [-0.2, -0.15) is 0 Å². The van der Waals surface area contributed by atoms with Gasteiger partial charge in [-0.05, 0) is 77.0 Å². The summed E-state index contributed by atoms with van der Waals surface area (Å²) in [7, 11) is 1.14. The monoisotopic (exact) mass is 838 g/mol. The molecule has 0 aliphatic rings. The highest BCUT2D eigenvalue weighted by Crippen LogP contribution is 2.38. The summed E-state index contributed by atoms with van der Waals surface area (Å²) in [6.07, 6.45) is 47.1. The maximum absolute atomic E-state index is 12.7. The Bertz CT molecular complexity index is 1130. The summed E-state index contributed by atoms with van der Waals surface area (Å²) in [6, 6.07) is 0. The van der Waals surface area contributed by atoms with E-state index >= 15 is 0 Å². The summed E-state index contributed by atoms with van der Waals surface area (Å²) < 4.78 is 33.9. The van der Waals surface area contributed by atoms with Crippen molar-refractivity contribution in [3.05, 3.63) is 48.6 Å². The molecule has 0 fully saturated rings. The number of phosphoric acid groups is 1. The smallest absolute Gasteiger partial charge is 0.306 e. The SMILES string of the molecule is CCCCC/C=C/C/C=C/CCCCCCCCCCCC(=O)O[C@H](COC(=O)CCCC/C=C/C/C=C/CCCCCCCC)COP(=O)([O-])OCC[N+](C)(C)C. The Kier molecular flexibility index (Phi) is 39.0. The molecule has 0 aromatic heterocycles. The van der Waals surface area contributed by atoms with Gasteiger partial charge in [0, 0.05) is 12.8 Å². The second kappa shape index (κ2) is 40.4. The lowest BCUT2D eigenvalue weighted by atomic mass is 10.1. The minimum absolute atomic E-state index is 0.0377. The van der Waals surface area contributed by atoms with Crippen molar-refractivity contribution in [2.45, 2.75) is 200 Å². The number of hydrogen-bond donors (Lipinski definition) is 0. The summed E-state index contributed by atoms with van der Waals surface area (Å²) in [5.74, 6) is -0.877. The highest BCUT2D eigenvalue weighted by molar-refractivity contribution is 7.45. The molecule has 0 heterocycles. The summed E-state index contributed by atoms with van der Waals surface area (Å²) >= 11 is 0. The highest BCUT2D eigenvalue weighted by Gasteiger charge is 2.21. The van der Waals surface area contributed by atoms with Crippen molar-refractivity contribution in [3.63, 3.8) is 0 Å². The largest absolute Gasteiger partial charge is 0.756 e. The van der Waals surface area contributed by atoms with Crippen LogP contribution in [0, 0.1) is 0 Å². The minimum atomic E-state index is -4.63. The van der Waals surface area contributed by atoms with Gasteiger partial charge in [-0.1, -0.05) is 152 Å². The zero-order valence-corrected chi connectivity index (χ0v) is 38.9. The second-order valence-electron chi connectivity index (χ2n) is 16.8. The van der Waals surface area contributed by atoms with Crippen molar-refractivity contribution in [2.75, 3.05) is 47.5 Å². The van der Waals surface area contributed by atoms with Crippen LogP contribution >= 0.6 is 7.82 Å². The predicted octanol–water partition coefficient (Wildman–Crippen LogP) is 12.8. The third-order valence-electron chi connectivity index (χ3n) is 9.82. The van der Waals surface area contributed by atoms with E-state index in [0.717, 1.165) is 57.8 Å². The molecule has 1 unspecified atom stereocenters. The maximum Gasteiger partial charge on any atom is 0.306 e. The Labute approximate surface area is 356 Å². The molecule has 9 nitrogen and oxygen atoms in total. The van der Waals surface area contributed by atoms with Crippen molar-refractivity contribution >= 4 is 19.8 Å². The quantitative estimate of drug-likeness (QED) is 0.0196. The summed E-state index contributed by atoms with van der Waals surface area (Å²) in [6.45, 7) is 4.16. The average molecular weight is 838 g/mol. The number of quaternary nitrogens is 1.